The Morgan fingerprint density at radius 1 is 0.872 bits per heavy atom. The summed E-state index contributed by atoms with van der Waals surface area (Å²) < 4.78 is 6.13. The van der Waals surface area contributed by atoms with Gasteiger partial charge in [-0.25, -0.2) is 4.98 Å². The predicted octanol–water partition coefficient (Wildman–Crippen LogP) is 7.08. The molecule has 2 atom stereocenters. The van der Waals surface area contributed by atoms with E-state index in [1.165, 1.54) is 27.9 Å². The van der Waals surface area contributed by atoms with Crippen LogP contribution in [0.25, 0.3) is 10.9 Å². The molecule has 1 aliphatic heterocycles. The number of hydrogen-bond donors (Lipinski definition) is 1. The molecule has 0 bridgehead atoms. The van der Waals surface area contributed by atoms with Crippen molar-refractivity contribution in [3.05, 3.63) is 125 Å². The van der Waals surface area contributed by atoms with Gasteiger partial charge in [-0.05, 0) is 54.7 Å². The minimum atomic E-state index is 0. The molecule has 5 nitrogen and oxygen atoms in total. The monoisotopic (exact) mass is 691 g/mol. The number of rotatable bonds is 4. The molecule has 2 heterocycles. The summed E-state index contributed by atoms with van der Waals surface area (Å²) in [5.41, 5.74) is 7.71. The Balaban J connectivity index is 0.00000277. The molecule has 0 saturated heterocycles. The van der Waals surface area contributed by atoms with Crippen LogP contribution in [0.4, 0.5) is 5.69 Å². The number of para-hydroxylation sites is 2. The molecule has 0 spiro atoms. The zero-order chi connectivity index (χ0) is 25.8. The molecule has 5 aromatic rings. The van der Waals surface area contributed by atoms with Gasteiger partial charge in [0.2, 0.25) is 5.88 Å². The normalized spacial score (nSPS) is 17.4. The Bertz CT molecular complexity index is 1730. The van der Waals surface area contributed by atoms with Crippen LogP contribution in [0.15, 0.2) is 96.0 Å². The van der Waals surface area contributed by atoms with Crippen molar-refractivity contribution in [2.75, 3.05) is 4.90 Å². The SMILES string of the molecule is Cc1cccc(C)c1N1C(c2[c-]c(Oc3ccc4cccc(O)c4n3)ccc2)=N[C@H]2c3ccccc3C[C@H]21.[Pt]. The molecule has 4 aromatic carbocycles. The van der Waals surface area contributed by atoms with Gasteiger partial charge in [0.1, 0.15) is 11.3 Å². The number of nitrogens with zero attached hydrogens (tertiary/aromatic N) is 3. The van der Waals surface area contributed by atoms with E-state index in [2.05, 4.69) is 72.3 Å². The number of anilines is 1. The number of pyridine rings is 1. The van der Waals surface area contributed by atoms with Crippen molar-refractivity contribution in [1.29, 1.82) is 0 Å². The Labute approximate surface area is 242 Å². The first-order chi connectivity index (χ1) is 18.6. The number of benzene rings is 4. The number of aliphatic imine (C=N–C) groups is 1. The quantitative estimate of drug-likeness (QED) is 0.205. The number of hydrogen-bond acceptors (Lipinski definition) is 5. The number of fused-ring (bicyclic) bond motifs is 4. The topological polar surface area (TPSA) is 58.0 Å². The van der Waals surface area contributed by atoms with Crippen LogP contribution in [0.5, 0.6) is 17.4 Å². The van der Waals surface area contributed by atoms with Crippen molar-refractivity contribution in [1.82, 2.24) is 4.98 Å². The van der Waals surface area contributed by atoms with E-state index in [-0.39, 0.29) is 38.9 Å². The summed E-state index contributed by atoms with van der Waals surface area (Å²) in [6, 6.07) is 33.7. The van der Waals surface area contributed by atoms with Crippen molar-refractivity contribution in [3.8, 4) is 17.4 Å². The summed E-state index contributed by atoms with van der Waals surface area (Å²) in [5.74, 6) is 1.98. The van der Waals surface area contributed by atoms with Crippen LogP contribution in [-0.4, -0.2) is 22.0 Å². The predicted molar refractivity (Wildman–Crippen MR) is 150 cm³/mol. The number of aromatic nitrogens is 1. The third-order valence-electron chi connectivity index (χ3n) is 7.57. The largest absolute Gasteiger partial charge is 0.506 e. The van der Waals surface area contributed by atoms with Crippen molar-refractivity contribution in [3.63, 3.8) is 0 Å². The van der Waals surface area contributed by atoms with E-state index in [0.29, 0.717) is 17.1 Å². The minimum Gasteiger partial charge on any atom is -0.506 e. The summed E-state index contributed by atoms with van der Waals surface area (Å²) in [5, 5.41) is 11.1. The summed E-state index contributed by atoms with van der Waals surface area (Å²) in [6.07, 6.45) is 0.947. The zero-order valence-corrected chi connectivity index (χ0v) is 23.8. The minimum absolute atomic E-state index is 0. The van der Waals surface area contributed by atoms with Gasteiger partial charge < -0.3 is 19.7 Å². The first kappa shape index (κ1) is 25.3. The van der Waals surface area contributed by atoms with Crippen LogP contribution < -0.4 is 9.64 Å². The van der Waals surface area contributed by atoms with Gasteiger partial charge in [0.25, 0.3) is 0 Å². The second-order valence-corrected chi connectivity index (χ2v) is 10.0. The maximum Gasteiger partial charge on any atom is 0.217 e. The molecule has 39 heavy (non-hydrogen) atoms. The standard InChI is InChI=1S/C33H26N3O2.Pt/c1-20-8-5-9-21(2)32(20)36-27-19-23-10-3-4-14-26(23)31(27)35-33(36)24-12-6-13-25(18-24)38-29-17-16-22-11-7-15-28(37)30(22)34-29;/h3-17,27,31,37H,19H2,1-2H3;/q-1;/t27-,31+;/m1./s1. The third-order valence-corrected chi connectivity index (χ3v) is 7.57. The fourth-order valence-electron chi connectivity index (χ4n) is 5.87. The van der Waals surface area contributed by atoms with E-state index in [4.69, 9.17) is 9.73 Å². The van der Waals surface area contributed by atoms with Gasteiger partial charge >= 0.3 is 0 Å². The van der Waals surface area contributed by atoms with E-state index in [1.807, 2.05) is 30.3 Å². The number of aryl methyl sites for hydroxylation is 2. The Morgan fingerprint density at radius 2 is 1.64 bits per heavy atom. The molecule has 7 rings (SSSR count). The number of amidine groups is 1. The van der Waals surface area contributed by atoms with E-state index < -0.39 is 0 Å². The maximum absolute atomic E-state index is 10.2. The van der Waals surface area contributed by atoms with Crippen molar-refractivity contribution < 1.29 is 30.9 Å². The van der Waals surface area contributed by atoms with Gasteiger partial charge in [-0.3, -0.25) is 0 Å². The summed E-state index contributed by atoms with van der Waals surface area (Å²) in [6.45, 7) is 4.33. The molecule has 1 aliphatic carbocycles. The second kappa shape index (κ2) is 9.98. The molecule has 1 N–H and O–H groups in total. The molecule has 0 saturated carbocycles. The first-order valence-electron chi connectivity index (χ1n) is 12.9. The fraction of sp³-hybridized carbons (Fsp3) is 0.152. The molecule has 196 valence electrons. The second-order valence-electron chi connectivity index (χ2n) is 10.0. The molecule has 0 unspecified atom stereocenters. The van der Waals surface area contributed by atoms with Crippen LogP contribution >= 0.6 is 0 Å². The fourth-order valence-corrected chi connectivity index (χ4v) is 5.87. The first-order valence-corrected chi connectivity index (χ1v) is 12.9. The molecular weight excluding hydrogens is 665 g/mol. The number of phenolic OH excluding ortho intramolecular Hbond substituents is 1. The van der Waals surface area contributed by atoms with Crippen LogP contribution in [0.3, 0.4) is 0 Å². The Hall–Kier alpha value is -3.95. The average Bonchev–Trinajstić information content (AvgIpc) is 3.46. The van der Waals surface area contributed by atoms with Gasteiger partial charge in [0.05, 0.1) is 17.9 Å². The molecule has 6 heteroatoms. The summed E-state index contributed by atoms with van der Waals surface area (Å²) in [7, 11) is 0. The van der Waals surface area contributed by atoms with Gasteiger partial charge in [-0.2, -0.15) is 0 Å². The molecule has 2 aliphatic rings. The zero-order valence-electron chi connectivity index (χ0n) is 21.5. The van der Waals surface area contributed by atoms with E-state index in [0.717, 1.165) is 23.2 Å². The van der Waals surface area contributed by atoms with Crippen LogP contribution in [0.1, 0.15) is 33.9 Å². The average molecular weight is 692 g/mol. The third kappa shape index (κ3) is 4.31. The van der Waals surface area contributed by atoms with E-state index in [9.17, 15) is 5.11 Å². The van der Waals surface area contributed by atoms with Crippen molar-refractivity contribution in [2.45, 2.75) is 32.4 Å². The van der Waals surface area contributed by atoms with Crippen LogP contribution in [0.2, 0.25) is 0 Å². The Morgan fingerprint density at radius 3 is 2.49 bits per heavy atom. The van der Waals surface area contributed by atoms with E-state index >= 15 is 0 Å². The molecular formula is C33H26N3O2Pt-. The van der Waals surface area contributed by atoms with E-state index in [1.54, 1.807) is 18.2 Å². The van der Waals surface area contributed by atoms with Crippen LogP contribution in [-0.2, 0) is 27.5 Å². The van der Waals surface area contributed by atoms with Crippen molar-refractivity contribution >= 4 is 22.4 Å². The van der Waals surface area contributed by atoms with Crippen molar-refractivity contribution in [2.24, 2.45) is 4.99 Å². The molecule has 0 amide bonds. The summed E-state index contributed by atoms with van der Waals surface area (Å²) >= 11 is 0. The number of aromatic hydroxyl groups is 1. The summed E-state index contributed by atoms with van der Waals surface area (Å²) in [4.78, 5) is 12.2. The smallest absolute Gasteiger partial charge is 0.217 e. The number of ether oxygens (including phenoxy) is 1. The Kier molecular flexibility index (Phi) is 6.48. The van der Waals surface area contributed by atoms with Gasteiger partial charge in [-0.1, -0.05) is 60.7 Å². The van der Waals surface area contributed by atoms with Gasteiger partial charge in [-0.15, -0.1) is 23.8 Å². The number of phenols is 1. The van der Waals surface area contributed by atoms with Crippen LogP contribution in [0, 0.1) is 19.9 Å². The molecule has 1 aromatic heterocycles. The molecule has 0 fully saturated rings. The maximum atomic E-state index is 10.2. The molecule has 0 radical (unpaired) electrons. The van der Waals surface area contributed by atoms with Gasteiger partial charge in [0.15, 0.2) is 0 Å². The van der Waals surface area contributed by atoms with Gasteiger partial charge in [0, 0.05) is 44.0 Å².